The van der Waals surface area contributed by atoms with Gasteiger partial charge in [-0.15, -0.1) is 11.3 Å². The summed E-state index contributed by atoms with van der Waals surface area (Å²) in [6.07, 6.45) is 0. The van der Waals surface area contributed by atoms with Crippen LogP contribution < -0.4 is 20.3 Å². The Labute approximate surface area is 189 Å². The maximum atomic E-state index is 13.0. The molecule has 31 heavy (non-hydrogen) atoms. The Bertz CT molecular complexity index is 1170. The number of nitrogens with one attached hydrogen (secondary N) is 1. The number of amides is 1. The first-order chi connectivity index (χ1) is 14.8. The summed E-state index contributed by atoms with van der Waals surface area (Å²) < 4.78 is 12.2. The molecular formula is C22H27N3O4S2. The van der Waals surface area contributed by atoms with Crippen LogP contribution in [0.15, 0.2) is 28.2 Å². The van der Waals surface area contributed by atoms with E-state index in [1.165, 1.54) is 23.1 Å². The molecule has 2 aromatic heterocycles. The topological polar surface area (TPSA) is 82.5 Å². The van der Waals surface area contributed by atoms with Crippen LogP contribution in [0.2, 0.25) is 0 Å². The molecule has 9 heteroatoms. The van der Waals surface area contributed by atoms with Gasteiger partial charge in [-0.05, 0) is 51.0 Å². The minimum atomic E-state index is -0.413. The number of benzene rings is 1. The van der Waals surface area contributed by atoms with Crippen LogP contribution in [0.4, 0.5) is 0 Å². The molecule has 0 spiro atoms. The minimum Gasteiger partial charge on any atom is -0.493 e. The van der Waals surface area contributed by atoms with Crippen LogP contribution in [-0.4, -0.2) is 34.9 Å². The van der Waals surface area contributed by atoms with Crippen LogP contribution in [0.5, 0.6) is 11.5 Å². The number of fused-ring (bicyclic) bond motifs is 1. The molecule has 1 unspecified atom stereocenters. The largest absolute Gasteiger partial charge is 0.493 e. The van der Waals surface area contributed by atoms with Crippen molar-refractivity contribution >= 4 is 39.2 Å². The van der Waals surface area contributed by atoms with Crippen molar-refractivity contribution in [3.8, 4) is 11.5 Å². The summed E-state index contributed by atoms with van der Waals surface area (Å²) in [5, 5.41) is 3.77. The van der Waals surface area contributed by atoms with E-state index in [4.69, 9.17) is 14.5 Å². The highest BCUT2D eigenvalue weighted by atomic mass is 32.2. The predicted molar refractivity (Wildman–Crippen MR) is 126 cm³/mol. The summed E-state index contributed by atoms with van der Waals surface area (Å²) in [6, 6.07) is 5.52. The Hall–Kier alpha value is -2.52. The fourth-order valence-corrected chi connectivity index (χ4v) is 5.28. The van der Waals surface area contributed by atoms with E-state index in [9.17, 15) is 9.59 Å². The molecule has 0 bridgehead atoms. The van der Waals surface area contributed by atoms with Crippen LogP contribution in [0.1, 0.15) is 29.9 Å². The van der Waals surface area contributed by atoms with Gasteiger partial charge in [-0.2, -0.15) is 0 Å². The van der Waals surface area contributed by atoms with Gasteiger partial charge in [-0.3, -0.25) is 14.2 Å². The summed E-state index contributed by atoms with van der Waals surface area (Å²) in [5.74, 6) is 1.12. The molecule has 0 aliphatic heterocycles. The molecular weight excluding hydrogens is 434 g/mol. The third kappa shape index (κ3) is 4.72. The maximum Gasteiger partial charge on any atom is 0.263 e. The smallest absolute Gasteiger partial charge is 0.263 e. The van der Waals surface area contributed by atoms with Gasteiger partial charge in [0.15, 0.2) is 16.7 Å². The molecule has 0 fully saturated rings. The SMILES string of the molecule is CCn1c(SC(C)C(=O)NCc2ccc(OC)c(OC)c2)nc2sc(C)c(C)c2c1=O. The number of carbonyl (C=O) groups excluding carboxylic acids is 1. The second-order valence-electron chi connectivity index (χ2n) is 7.07. The van der Waals surface area contributed by atoms with E-state index in [0.29, 0.717) is 35.1 Å². The van der Waals surface area contributed by atoms with Crippen molar-refractivity contribution < 1.29 is 14.3 Å². The normalized spacial score (nSPS) is 12.1. The van der Waals surface area contributed by atoms with E-state index in [-0.39, 0.29) is 11.5 Å². The molecule has 0 saturated heterocycles. The van der Waals surface area contributed by atoms with Gasteiger partial charge in [0.2, 0.25) is 5.91 Å². The van der Waals surface area contributed by atoms with Gasteiger partial charge < -0.3 is 14.8 Å². The molecule has 2 heterocycles. The molecule has 0 radical (unpaired) electrons. The zero-order valence-corrected chi connectivity index (χ0v) is 20.2. The lowest BCUT2D eigenvalue weighted by atomic mass is 10.2. The highest BCUT2D eigenvalue weighted by Crippen LogP contribution is 2.30. The number of thioether (sulfide) groups is 1. The molecule has 1 aromatic carbocycles. The first-order valence-electron chi connectivity index (χ1n) is 9.96. The van der Waals surface area contributed by atoms with Crippen molar-refractivity contribution in [3.63, 3.8) is 0 Å². The maximum absolute atomic E-state index is 13.0. The summed E-state index contributed by atoms with van der Waals surface area (Å²) in [4.78, 5) is 32.2. The van der Waals surface area contributed by atoms with E-state index < -0.39 is 5.25 Å². The van der Waals surface area contributed by atoms with Crippen LogP contribution in [0.3, 0.4) is 0 Å². The second-order valence-corrected chi connectivity index (χ2v) is 9.59. The lowest BCUT2D eigenvalue weighted by Gasteiger charge is -2.15. The van der Waals surface area contributed by atoms with Crippen molar-refractivity contribution in [2.24, 2.45) is 0 Å². The molecule has 0 saturated carbocycles. The zero-order chi connectivity index (χ0) is 22.7. The highest BCUT2D eigenvalue weighted by Gasteiger charge is 2.21. The van der Waals surface area contributed by atoms with Gasteiger partial charge in [0, 0.05) is 18.0 Å². The molecule has 1 amide bonds. The molecule has 0 aliphatic rings. The van der Waals surface area contributed by atoms with Gasteiger partial charge in [0.25, 0.3) is 5.56 Å². The third-order valence-electron chi connectivity index (χ3n) is 5.14. The van der Waals surface area contributed by atoms with Crippen LogP contribution in [0.25, 0.3) is 10.2 Å². The molecule has 1 atom stereocenters. The van der Waals surface area contributed by atoms with Gasteiger partial charge in [0.1, 0.15) is 4.83 Å². The van der Waals surface area contributed by atoms with Gasteiger partial charge >= 0.3 is 0 Å². The molecule has 3 rings (SSSR count). The summed E-state index contributed by atoms with van der Waals surface area (Å²) in [6.45, 7) is 8.53. The summed E-state index contributed by atoms with van der Waals surface area (Å²) >= 11 is 2.81. The Kier molecular flexibility index (Phi) is 7.27. The first-order valence-corrected chi connectivity index (χ1v) is 11.7. The first kappa shape index (κ1) is 23.1. The van der Waals surface area contributed by atoms with Gasteiger partial charge in [-0.25, -0.2) is 4.98 Å². The zero-order valence-electron chi connectivity index (χ0n) is 18.6. The highest BCUT2D eigenvalue weighted by molar-refractivity contribution is 8.00. The molecule has 1 N–H and O–H groups in total. The lowest BCUT2D eigenvalue weighted by Crippen LogP contribution is -2.31. The number of aryl methyl sites for hydroxylation is 2. The number of nitrogens with zero attached hydrogens (tertiary/aromatic N) is 2. The van der Waals surface area contributed by atoms with E-state index in [0.717, 1.165) is 20.8 Å². The van der Waals surface area contributed by atoms with E-state index in [1.54, 1.807) is 18.8 Å². The van der Waals surface area contributed by atoms with Crippen molar-refractivity contribution in [1.82, 2.24) is 14.9 Å². The number of aromatic nitrogens is 2. The van der Waals surface area contributed by atoms with Crippen molar-refractivity contribution in [2.75, 3.05) is 14.2 Å². The predicted octanol–water partition coefficient (Wildman–Crippen LogP) is 3.91. The minimum absolute atomic E-state index is 0.0465. The molecule has 7 nitrogen and oxygen atoms in total. The monoisotopic (exact) mass is 461 g/mol. The molecule has 166 valence electrons. The number of methoxy groups -OCH3 is 2. The Morgan fingerprint density at radius 2 is 1.97 bits per heavy atom. The van der Waals surface area contributed by atoms with Crippen molar-refractivity contribution in [2.45, 2.75) is 51.2 Å². The molecule has 3 aromatic rings. The van der Waals surface area contributed by atoms with E-state index >= 15 is 0 Å². The Morgan fingerprint density at radius 3 is 2.61 bits per heavy atom. The van der Waals surface area contributed by atoms with Crippen molar-refractivity contribution in [1.29, 1.82) is 0 Å². The van der Waals surface area contributed by atoms with E-state index in [2.05, 4.69) is 5.32 Å². The summed E-state index contributed by atoms with van der Waals surface area (Å²) in [5.41, 5.74) is 1.84. The van der Waals surface area contributed by atoms with Gasteiger partial charge in [0.05, 0.1) is 24.9 Å². The second kappa shape index (κ2) is 9.74. The quantitative estimate of drug-likeness (QED) is 0.405. The number of hydrogen-bond donors (Lipinski definition) is 1. The molecule has 0 aliphatic carbocycles. The van der Waals surface area contributed by atoms with E-state index in [1.807, 2.05) is 45.9 Å². The average molecular weight is 462 g/mol. The number of hydrogen-bond acceptors (Lipinski definition) is 7. The number of ether oxygens (including phenoxy) is 2. The van der Waals surface area contributed by atoms with Crippen LogP contribution in [-0.2, 0) is 17.9 Å². The number of rotatable bonds is 8. The fraction of sp³-hybridized carbons (Fsp3) is 0.409. The average Bonchev–Trinajstić information content (AvgIpc) is 3.05. The standard InChI is InChI=1S/C22H27N3O4S2/c1-7-25-21(27)18-12(2)13(3)30-20(18)24-22(25)31-14(4)19(26)23-11-15-8-9-16(28-5)17(10-15)29-6/h8-10,14H,7,11H2,1-6H3,(H,23,26). The number of thiophene rings is 1. The number of carbonyl (C=O) groups is 1. The van der Waals surface area contributed by atoms with Crippen LogP contribution >= 0.6 is 23.1 Å². The Morgan fingerprint density at radius 1 is 1.26 bits per heavy atom. The van der Waals surface area contributed by atoms with Gasteiger partial charge in [-0.1, -0.05) is 17.8 Å². The van der Waals surface area contributed by atoms with Crippen LogP contribution in [0, 0.1) is 13.8 Å². The lowest BCUT2D eigenvalue weighted by molar-refractivity contribution is -0.120. The third-order valence-corrected chi connectivity index (χ3v) is 7.33. The fourth-order valence-electron chi connectivity index (χ4n) is 3.21. The summed E-state index contributed by atoms with van der Waals surface area (Å²) in [7, 11) is 3.16. The van der Waals surface area contributed by atoms with Crippen molar-refractivity contribution in [3.05, 3.63) is 44.6 Å². The Balaban J connectivity index is 1.75.